The number of halogens is 2. The van der Waals surface area contributed by atoms with Crippen molar-refractivity contribution in [2.24, 2.45) is 0 Å². The van der Waals surface area contributed by atoms with Crippen molar-refractivity contribution in [3.8, 4) is 0 Å². The molecule has 0 radical (unpaired) electrons. The summed E-state index contributed by atoms with van der Waals surface area (Å²) in [5.41, 5.74) is 1.76. The van der Waals surface area contributed by atoms with Crippen molar-refractivity contribution in [3.63, 3.8) is 0 Å². The molecule has 2 rings (SSSR count). The third-order valence-electron chi connectivity index (χ3n) is 1.88. The van der Waals surface area contributed by atoms with Crippen LogP contribution in [0.2, 0.25) is 10.4 Å². The minimum absolute atomic E-state index is 0.149. The topological polar surface area (TPSA) is 42.2 Å². The molecule has 14 heavy (non-hydrogen) atoms. The zero-order valence-corrected chi connectivity index (χ0v) is 8.97. The molecule has 6 heteroatoms. The van der Waals surface area contributed by atoms with Gasteiger partial charge in [0.1, 0.15) is 5.52 Å². The zero-order valence-electron chi connectivity index (χ0n) is 7.46. The van der Waals surface area contributed by atoms with E-state index in [1.54, 1.807) is 4.52 Å². The summed E-state index contributed by atoms with van der Waals surface area (Å²) in [4.78, 5) is 3.85. The van der Waals surface area contributed by atoms with E-state index in [0.717, 1.165) is 11.2 Å². The van der Waals surface area contributed by atoms with Gasteiger partial charge in [-0.15, -0.1) is 5.10 Å². The van der Waals surface area contributed by atoms with Crippen LogP contribution in [-0.4, -0.2) is 21.6 Å². The maximum Gasteiger partial charge on any atom is 0.242 e. The highest BCUT2D eigenvalue weighted by Crippen LogP contribution is 2.18. The first-order chi connectivity index (χ1) is 6.72. The van der Waals surface area contributed by atoms with Crippen LogP contribution >= 0.6 is 23.2 Å². The number of nitrogens with zero attached hydrogens (tertiary/aromatic N) is 3. The van der Waals surface area contributed by atoms with E-state index >= 15 is 0 Å². The van der Waals surface area contributed by atoms with Gasteiger partial charge in [0.15, 0.2) is 5.15 Å². The summed E-state index contributed by atoms with van der Waals surface area (Å²) in [6.45, 7) is 0.706. The Morgan fingerprint density at radius 3 is 2.93 bits per heavy atom. The zero-order chi connectivity index (χ0) is 10.1. The summed E-state index contributed by atoms with van der Waals surface area (Å²) in [5, 5.41) is 7.61. The predicted octanol–water partition coefficient (Wildman–Crippen LogP) is 1.76. The summed E-state index contributed by atoms with van der Waals surface area (Å²) >= 11 is 11.6. The summed E-state index contributed by atoms with van der Waals surface area (Å²) < 4.78 is 1.69. The van der Waals surface area contributed by atoms with Gasteiger partial charge in [-0.25, -0.2) is 9.50 Å². The quantitative estimate of drug-likeness (QED) is 0.856. The van der Waals surface area contributed by atoms with Gasteiger partial charge in [0.25, 0.3) is 0 Å². The number of hydrogen-bond donors (Lipinski definition) is 1. The number of hydrogen-bond acceptors (Lipinski definition) is 3. The van der Waals surface area contributed by atoms with Gasteiger partial charge in [-0.2, -0.15) is 0 Å². The second-order valence-corrected chi connectivity index (χ2v) is 3.52. The lowest BCUT2D eigenvalue weighted by Gasteiger charge is -2.01. The third-order valence-corrected chi connectivity index (χ3v) is 2.31. The average Bonchev–Trinajstić information content (AvgIpc) is 2.49. The first-order valence-electron chi connectivity index (χ1n) is 4.06. The van der Waals surface area contributed by atoms with Crippen LogP contribution in [0.15, 0.2) is 12.1 Å². The fourth-order valence-corrected chi connectivity index (χ4v) is 1.73. The van der Waals surface area contributed by atoms with Crippen molar-refractivity contribution in [2.45, 2.75) is 6.54 Å². The molecule has 1 N–H and O–H groups in total. The molecule has 0 aliphatic rings. The molecule has 2 aromatic heterocycles. The summed E-state index contributed by atoms with van der Waals surface area (Å²) in [6, 6.07) is 3.80. The molecule has 0 aromatic carbocycles. The van der Waals surface area contributed by atoms with Crippen molar-refractivity contribution < 1.29 is 0 Å². The first kappa shape index (κ1) is 9.71. The van der Waals surface area contributed by atoms with Crippen molar-refractivity contribution in [3.05, 3.63) is 28.3 Å². The molecule has 0 fully saturated rings. The van der Waals surface area contributed by atoms with Crippen LogP contribution in [0, 0.1) is 0 Å². The molecule has 0 saturated heterocycles. The van der Waals surface area contributed by atoms with Crippen LogP contribution in [0.4, 0.5) is 0 Å². The van der Waals surface area contributed by atoms with E-state index in [4.69, 9.17) is 23.2 Å². The van der Waals surface area contributed by atoms with Gasteiger partial charge in [0, 0.05) is 6.54 Å². The van der Waals surface area contributed by atoms with Crippen LogP contribution in [0.1, 0.15) is 5.69 Å². The van der Waals surface area contributed by atoms with Crippen LogP contribution < -0.4 is 5.32 Å². The Balaban J connectivity index is 2.66. The van der Waals surface area contributed by atoms with Crippen molar-refractivity contribution in [1.82, 2.24) is 19.9 Å². The standard InChI is InChI=1S/C8H8Cl2N4/c1-11-4-5-2-3-6-7(9)12-8(10)13-14(5)6/h2-3,11H,4H2,1H3. The minimum atomic E-state index is 0.149. The predicted molar refractivity (Wildman–Crippen MR) is 55.8 cm³/mol. The number of rotatable bonds is 2. The molecule has 0 atom stereocenters. The summed E-state index contributed by atoms with van der Waals surface area (Å²) in [6.07, 6.45) is 0. The van der Waals surface area contributed by atoms with Gasteiger partial charge in [-0.05, 0) is 30.8 Å². The fourth-order valence-electron chi connectivity index (χ4n) is 1.30. The molecule has 0 saturated carbocycles. The molecule has 2 heterocycles. The van der Waals surface area contributed by atoms with Crippen molar-refractivity contribution in [2.75, 3.05) is 7.05 Å². The molecular weight excluding hydrogens is 223 g/mol. The molecule has 74 valence electrons. The first-order valence-corrected chi connectivity index (χ1v) is 4.82. The lowest BCUT2D eigenvalue weighted by molar-refractivity contribution is 0.743. The Bertz CT molecular complexity index is 466. The molecule has 0 amide bonds. The summed E-state index contributed by atoms with van der Waals surface area (Å²) in [7, 11) is 1.86. The highest BCUT2D eigenvalue weighted by Gasteiger charge is 2.07. The highest BCUT2D eigenvalue weighted by molar-refractivity contribution is 6.34. The fraction of sp³-hybridized carbons (Fsp3) is 0.250. The van der Waals surface area contributed by atoms with Gasteiger partial charge >= 0.3 is 0 Å². The SMILES string of the molecule is CNCc1ccc2c(Cl)nc(Cl)nn12. The molecule has 0 aliphatic heterocycles. The number of aromatic nitrogens is 3. The second kappa shape index (κ2) is 3.73. The van der Waals surface area contributed by atoms with Crippen LogP contribution in [0.25, 0.3) is 5.52 Å². The Hall–Kier alpha value is -0.840. The number of fused-ring (bicyclic) bond motifs is 1. The lowest BCUT2D eigenvalue weighted by atomic mass is 10.4. The number of nitrogens with one attached hydrogen (secondary N) is 1. The normalized spacial score (nSPS) is 11.1. The lowest BCUT2D eigenvalue weighted by Crippen LogP contribution is -2.09. The van der Waals surface area contributed by atoms with Gasteiger partial charge in [0.2, 0.25) is 5.28 Å². The Morgan fingerprint density at radius 2 is 2.21 bits per heavy atom. The Morgan fingerprint density at radius 1 is 1.43 bits per heavy atom. The summed E-state index contributed by atoms with van der Waals surface area (Å²) in [5.74, 6) is 0. The van der Waals surface area contributed by atoms with E-state index in [0.29, 0.717) is 11.7 Å². The average molecular weight is 231 g/mol. The van der Waals surface area contributed by atoms with Gasteiger partial charge in [-0.3, -0.25) is 0 Å². The Labute approximate surface area is 90.8 Å². The molecule has 0 spiro atoms. The smallest absolute Gasteiger partial charge is 0.242 e. The highest BCUT2D eigenvalue weighted by atomic mass is 35.5. The maximum absolute atomic E-state index is 5.90. The van der Waals surface area contributed by atoms with E-state index in [1.165, 1.54) is 0 Å². The van der Waals surface area contributed by atoms with E-state index in [-0.39, 0.29) is 5.28 Å². The molecule has 4 nitrogen and oxygen atoms in total. The minimum Gasteiger partial charge on any atom is -0.314 e. The van der Waals surface area contributed by atoms with E-state index in [9.17, 15) is 0 Å². The molecular formula is C8H8Cl2N4. The molecule has 0 bridgehead atoms. The molecule has 0 aliphatic carbocycles. The Kier molecular flexibility index (Phi) is 2.58. The molecule has 0 unspecified atom stereocenters. The van der Waals surface area contributed by atoms with Crippen LogP contribution in [-0.2, 0) is 6.54 Å². The van der Waals surface area contributed by atoms with E-state index in [1.807, 2.05) is 19.2 Å². The van der Waals surface area contributed by atoms with Gasteiger partial charge in [-0.1, -0.05) is 11.6 Å². The van der Waals surface area contributed by atoms with Gasteiger partial charge < -0.3 is 5.32 Å². The second-order valence-electron chi connectivity index (χ2n) is 2.82. The van der Waals surface area contributed by atoms with Gasteiger partial charge in [0.05, 0.1) is 5.69 Å². The largest absolute Gasteiger partial charge is 0.314 e. The van der Waals surface area contributed by atoms with Crippen LogP contribution in [0.5, 0.6) is 0 Å². The monoisotopic (exact) mass is 230 g/mol. The third kappa shape index (κ3) is 1.56. The van der Waals surface area contributed by atoms with Crippen LogP contribution in [0.3, 0.4) is 0 Å². The van der Waals surface area contributed by atoms with Crippen molar-refractivity contribution in [1.29, 1.82) is 0 Å². The van der Waals surface area contributed by atoms with E-state index < -0.39 is 0 Å². The maximum atomic E-state index is 5.90. The van der Waals surface area contributed by atoms with Crippen molar-refractivity contribution >= 4 is 28.7 Å². The molecule has 2 aromatic rings. The van der Waals surface area contributed by atoms with E-state index in [2.05, 4.69) is 15.4 Å².